The topological polar surface area (TPSA) is 60.6 Å². The lowest BCUT2D eigenvalue weighted by Crippen LogP contribution is -2.22. The molecule has 0 radical (unpaired) electrons. The van der Waals surface area contributed by atoms with E-state index in [0.29, 0.717) is 12.1 Å². The van der Waals surface area contributed by atoms with Crippen molar-refractivity contribution in [1.82, 2.24) is 0 Å². The summed E-state index contributed by atoms with van der Waals surface area (Å²) in [4.78, 5) is 2.20. The van der Waals surface area contributed by atoms with E-state index < -0.39 is 10.1 Å². The third-order valence-corrected chi connectivity index (χ3v) is 6.72. The van der Waals surface area contributed by atoms with Gasteiger partial charge in [0.25, 0.3) is 10.1 Å². The van der Waals surface area contributed by atoms with Crippen molar-refractivity contribution < 1.29 is 17.5 Å². The molecular formula is C25H27N2O3S+. The minimum atomic E-state index is -4.30. The summed E-state index contributed by atoms with van der Waals surface area (Å²) >= 11 is 0. The third kappa shape index (κ3) is 4.40. The molecule has 0 aromatic heterocycles. The SMILES string of the molecule is Cc1cc(C)c(N2C=[N+](Cc3ccccc3S(=O)(=O)O)[C@@H](c3ccccc3)C2)c(C)c1. The van der Waals surface area contributed by atoms with Crippen LogP contribution in [0.15, 0.2) is 71.6 Å². The van der Waals surface area contributed by atoms with E-state index in [0.717, 1.165) is 12.1 Å². The Balaban J connectivity index is 1.79. The average Bonchev–Trinajstić information content (AvgIpc) is 3.10. The molecule has 0 saturated heterocycles. The molecule has 0 aliphatic carbocycles. The maximum absolute atomic E-state index is 11.9. The molecule has 1 atom stereocenters. The highest BCUT2D eigenvalue weighted by molar-refractivity contribution is 7.85. The Bertz CT molecular complexity index is 1230. The molecule has 0 saturated carbocycles. The molecule has 1 aliphatic heterocycles. The van der Waals surface area contributed by atoms with E-state index in [1.54, 1.807) is 18.2 Å². The molecule has 31 heavy (non-hydrogen) atoms. The molecule has 4 rings (SSSR count). The Labute approximate surface area is 184 Å². The van der Waals surface area contributed by atoms with Gasteiger partial charge in [0.05, 0.1) is 0 Å². The fourth-order valence-corrected chi connectivity index (χ4v) is 5.29. The number of rotatable bonds is 5. The van der Waals surface area contributed by atoms with E-state index in [-0.39, 0.29) is 10.9 Å². The second-order valence-corrected chi connectivity index (χ2v) is 9.59. The van der Waals surface area contributed by atoms with E-state index in [1.165, 1.54) is 28.4 Å². The molecule has 0 unspecified atom stereocenters. The summed E-state index contributed by atoms with van der Waals surface area (Å²) in [5.41, 5.74) is 6.56. The van der Waals surface area contributed by atoms with Crippen LogP contribution in [0.2, 0.25) is 0 Å². The van der Waals surface area contributed by atoms with Crippen LogP contribution >= 0.6 is 0 Å². The predicted molar refractivity (Wildman–Crippen MR) is 123 cm³/mol. The minimum absolute atomic E-state index is 0.0450. The Morgan fingerprint density at radius 2 is 1.58 bits per heavy atom. The molecule has 5 nitrogen and oxygen atoms in total. The summed E-state index contributed by atoms with van der Waals surface area (Å²) in [6.07, 6.45) is 2.07. The van der Waals surface area contributed by atoms with Gasteiger partial charge in [-0.05, 0) is 38.0 Å². The average molecular weight is 436 g/mol. The van der Waals surface area contributed by atoms with Crippen LogP contribution in [0.1, 0.15) is 33.9 Å². The molecular weight excluding hydrogens is 408 g/mol. The van der Waals surface area contributed by atoms with Crippen LogP contribution in [0.25, 0.3) is 0 Å². The van der Waals surface area contributed by atoms with E-state index in [4.69, 9.17) is 0 Å². The van der Waals surface area contributed by atoms with Crippen molar-refractivity contribution in [1.29, 1.82) is 0 Å². The quantitative estimate of drug-likeness (QED) is 0.468. The molecule has 1 heterocycles. The van der Waals surface area contributed by atoms with Crippen LogP contribution in [0, 0.1) is 20.8 Å². The summed E-state index contributed by atoms with van der Waals surface area (Å²) in [6.45, 7) is 7.47. The fraction of sp³-hybridized carbons (Fsp3) is 0.240. The van der Waals surface area contributed by atoms with Gasteiger partial charge in [-0.25, -0.2) is 4.90 Å². The highest BCUT2D eigenvalue weighted by Gasteiger charge is 2.35. The van der Waals surface area contributed by atoms with Gasteiger partial charge < -0.3 is 0 Å². The van der Waals surface area contributed by atoms with Crippen LogP contribution < -0.4 is 4.90 Å². The van der Waals surface area contributed by atoms with Gasteiger partial charge in [0.2, 0.25) is 6.34 Å². The number of hydrogen-bond acceptors (Lipinski definition) is 3. The van der Waals surface area contributed by atoms with Crippen molar-refractivity contribution in [3.8, 4) is 0 Å². The van der Waals surface area contributed by atoms with Crippen molar-refractivity contribution in [2.45, 2.75) is 38.3 Å². The number of nitrogens with zero attached hydrogens (tertiary/aromatic N) is 2. The first kappa shape index (κ1) is 21.3. The first-order valence-corrected chi connectivity index (χ1v) is 11.7. The molecule has 3 aromatic carbocycles. The third-order valence-electron chi connectivity index (χ3n) is 5.77. The van der Waals surface area contributed by atoms with Crippen LogP contribution in [-0.2, 0) is 16.7 Å². The lowest BCUT2D eigenvalue weighted by molar-refractivity contribution is -0.574. The highest BCUT2D eigenvalue weighted by Crippen LogP contribution is 2.32. The molecule has 0 fully saturated rings. The Morgan fingerprint density at radius 3 is 2.23 bits per heavy atom. The maximum Gasteiger partial charge on any atom is 0.294 e. The van der Waals surface area contributed by atoms with Gasteiger partial charge in [0.15, 0.2) is 6.04 Å². The summed E-state index contributed by atoms with van der Waals surface area (Å²) < 4.78 is 35.6. The first-order valence-electron chi connectivity index (χ1n) is 10.3. The van der Waals surface area contributed by atoms with Gasteiger partial charge >= 0.3 is 0 Å². The van der Waals surface area contributed by atoms with E-state index in [2.05, 4.69) is 60.9 Å². The van der Waals surface area contributed by atoms with Crippen molar-refractivity contribution in [3.63, 3.8) is 0 Å². The second kappa shape index (κ2) is 8.29. The number of benzene rings is 3. The summed E-state index contributed by atoms with van der Waals surface area (Å²) in [6, 6.07) is 21.3. The van der Waals surface area contributed by atoms with E-state index in [1.807, 2.05) is 18.2 Å². The molecule has 160 valence electrons. The lowest BCUT2D eigenvalue weighted by atomic mass is 10.0. The van der Waals surface area contributed by atoms with Crippen LogP contribution in [-0.4, -0.2) is 30.4 Å². The van der Waals surface area contributed by atoms with Gasteiger partial charge in [-0.3, -0.25) is 9.13 Å². The molecule has 3 aromatic rings. The lowest BCUT2D eigenvalue weighted by Gasteiger charge is -2.16. The predicted octanol–water partition coefficient (Wildman–Crippen LogP) is 4.66. The van der Waals surface area contributed by atoms with Crippen molar-refractivity contribution in [2.24, 2.45) is 0 Å². The normalized spacial score (nSPS) is 16.5. The molecule has 0 spiro atoms. The molecule has 6 heteroatoms. The smallest absolute Gasteiger partial charge is 0.282 e. The maximum atomic E-state index is 11.9. The first-order chi connectivity index (χ1) is 14.7. The van der Waals surface area contributed by atoms with Gasteiger partial charge in [-0.1, -0.05) is 66.2 Å². The van der Waals surface area contributed by atoms with Gasteiger partial charge in [-0.2, -0.15) is 8.42 Å². The zero-order chi connectivity index (χ0) is 22.2. The zero-order valence-corrected chi connectivity index (χ0v) is 18.8. The fourth-order valence-electron chi connectivity index (χ4n) is 4.58. The van der Waals surface area contributed by atoms with Crippen molar-refractivity contribution >= 4 is 22.1 Å². The minimum Gasteiger partial charge on any atom is -0.282 e. The monoisotopic (exact) mass is 435 g/mol. The Hall–Kier alpha value is -2.96. The number of hydrogen-bond donors (Lipinski definition) is 1. The highest BCUT2D eigenvalue weighted by atomic mass is 32.2. The van der Waals surface area contributed by atoms with Crippen LogP contribution in [0.5, 0.6) is 0 Å². The van der Waals surface area contributed by atoms with Gasteiger partial charge in [0.1, 0.15) is 23.7 Å². The summed E-state index contributed by atoms with van der Waals surface area (Å²) in [5.74, 6) is 0. The van der Waals surface area contributed by atoms with E-state index >= 15 is 0 Å². The Morgan fingerprint density at radius 1 is 0.968 bits per heavy atom. The molecule has 0 bridgehead atoms. The summed E-state index contributed by atoms with van der Waals surface area (Å²) in [5, 5.41) is 0. The van der Waals surface area contributed by atoms with Gasteiger partial charge in [0, 0.05) is 11.1 Å². The van der Waals surface area contributed by atoms with E-state index in [9.17, 15) is 13.0 Å². The second-order valence-electron chi connectivity index (χ2n) is 8.20. The zero-order valence-electron chi connectivity index (χ0n) is 18.0. The summed E-state index contributed by atoms with van der Waals surface area (Å²) in [7, 11) is -4.30. The Kier molecular flexibility index (Phi) is 5.69. The van der Waals surface area contributed by atoms with Crippen molar-refractivity contribution in [2.75, 3.05) is 11.4 Å². The standard InChI is InChI=1S/C25H26N2O3S/c1-18-13-19(2)25(20(3)14-18)27-16-23(21-9-5-4-6-10-21)26(17-27)15-22-11-7-8-12-24(22)31(28,29)30/h4-14,17,23H,15-16H2,1-3H3/p+1/t23-/m1/s1. The van der Waals surface area contributed by atoms with Crippen LogP contribution in [0.3, 0.4) is 0 Å². The van der Waals surface area contributed by atoms with Gasteiger partial charge in [-0.15, -0.1) is 0 Å². The van der Waals surface area contributed by atoms with Crippen LogP contribution in [0.4, 0.5) is 5.69 Å². The molecule has 1 aliphatic rings. The van der Waals surface area contributed by atoms with Crippen molar-refractivity contribution in [3.05, 3.63) is 94.5 Å². The molecule has 1 N–H and O–H groups in total. The number of aryl methyl sites for hydroxylation is 3. The molecule has 0 amide bonds. The largest absolute Gasteiger partial charge is 0.294 e. The number of anilines is 1.